The number of hydrogen-bond acceptors (Lipinski definition) is 2. The maximum Gasteiger partial charge on any atom is 0.389 e. The average molecular weight is 547 g/mol. The molecule has 0 fully saturated rings. The summed E-state index contributed by atoms with van der Waals surface area (Å²) in [5, 5.41) is 10.2. The van der Waals surface area contributed by atoms with Crippen molar-refractivity contribution in [2.24, 2.45) is 0 Å². The number of nitriles is 1. The van der Waals surface area contributed by atoms with Gasteiger partial charge in [-0.15, -0.1) is 0 Å². The van der Waals surface area contributed by atoms with Gasteiger partial charge in [-0.25, -0.2) is 0 Å². The lowest BCUT2D eigenvalue weighted by Crippen LogP contribution is -2.06. The first-order chi connectivity index (χ1) is 13.1. The van der Waals surface area contributed by atoms with Crippen LogP contribution in [0.3, 0.4) is 0 Å². The summed E-state index contributed by atoms with van der Waals surface area (Å²) in [4.78, 5) is 0. The van der Waals surface area contributed by atoms with E-state index in [-0.39, 0.29) is 6.42 Å². The van der Waals surface area contributed by atoms with Crippen molar-refractivity contribution in [3.8, 4) is 5.40 Å². The predicted molar refractivity (Wildman–Crippen MR) is 114 cm³/mol. The Morgan fingerprint density at radius 3 is 1.32 bits per heavy atom. The lowest BCUT2D eigenvalue weighted by molar-refractivity contribution is -0.136. The van der Waals surface area contributed by atoms with Crippen molar-refractivity contribution < 1.29 is 26.3 Å². The van der Waals surface area contributed by atoms with Crippen LogP contribution in [0.25, 0.3) is 0 Å². The standard InChI is InChI=1S/C10H16F3NS.C9H16F3I/c11-10(12,13)7-5-3-1-2-4-6-8-15-9-14;10-9(11,12)7-5-3-1-2-4-6-8-13/h1-8H2;1-8H2. The van der Waals surface area contributed by atoms with Gasteiger partial charge in [0.15, 0.2) is 0 Å². The first kappa shape index (κ1) is 30.3. The molecule has 0 aromatic heterocycles. The summed E-state index contributed by atoms with van der Waals surface area (Å²) in [7, 11) is 0. The predicted octanol–water partition coefficient (Wildman–Crippen LogP) is 9.21. The molecule has 0 bridgehead atoms. The fourth-order valence-electron chi connectivity index (χ4n) is 2.38. The summed E-state index contributed by atoms with van der Waals surface area (Å²) >= 11 is 3.55. The van der Waals surface area contributed by atoms with Crippen molar-refractivity contribution in [1.82, 2.24) is 0 Å². The molecule has 0 saturated carbocycles. The molecule has 0 spiro atoms. The highest BCUT2D eigenvalue weighted by Gasteiger charge is 2.26. The van der Waals surface area contributed by atoms with Gasteiger partial charge in [-0.2, -0.15) is 31.6 Å². The minimum atomic E-state index is -4.00. The largest absolute Gasteiger partial charge is 0.389 e. The molecule has 0 atom stereocenters. The van der Waals surface area contributed by atoms with Crippen LogP contribution in [0.1, 0.15) is 89.9 Å². The van der Waals surface area contributed by atoms with Crippen molar-refractivity contribution in [2.45, 2.75) is 102 Å². The summed E-state index contributed by atoms with van der Waals surface area (Å²) in [5.41, 5.74) is 0. The van der Waals surface area contributed by atoms with Crippen LogP contribution in [0.5, 0.6) is 0 Å². The molecular formula is C19H32F6INS. The third kappa shape index (κ3) is 33.7. The molecule has 1 nitrogen and oxygen atoms in total. The summed E-state index contributed by atoms with van der Waals surface area (Å²) < 4.78 is 71.4. The van der Waals surface area contributed by atoms with Crippen LogP contribution in [0, 0.1) is 10.7 Å². The zero-order valence-corrected chi connectivity index (χ0v) is 19.3. The maximum absolute atomic E-state index is 11.7. The van der Waals surface area contributed by atoms with E-state index in [0.717, 1.165) is 61.5 Å². The molecule has 0 radical (unpaired) electrons. The third-order valence-electron chi connectivity index (χ3n) is 3.87. The number of thiocyanates is 1. The first-order valence-electron chi connectivity index (χ1n) is 9.82. The van der Waals surface area contributed by atoms with Crippen LogP contribution in [-0.4, -0.2) is 22.5 Å². The Labute approximate surface area is 183 Å². The zero-order chi connectivity index (χ0) is 21.7. The molecule has 0 aromatic rings. The fraction of sp³-hybridized carbons (Fsp3) is 0.947. The lowest BCUT2D eigenvalue weighted by atomic mass is 10.1. The minimum absolute atomic E-state index is 0.246. The van der Waals surface area contributed by atoms with Gasteiger partial charge in [-0.1, -0.05) is 74.0 Å². The van der Waals surface area contributed by atoms with E-state index < -0.39 is 25.2 Å². The summed E-state index contributed by atoms with van der Waals surface area (Å²) in [6, 6.07) is 0. The van der Waals surface area contributed by atoms with E-state index in [4.69, 9.17) is 5.26 Å². The van der Waals surface area contributed by atoms with Gasteiger partial charge in [0.1, 0.15) is 5.40 Å². The van der Waals surface area contributed by atoms with Crippen molar-refractivity contribution in [3.05, 3.63) is 0 Å². The van der Waals surface area contributed by atoms with Gasteiger partial charge in [0.25, 0.3) is 0 Å². The highest BCUT2D eigenvalue weighted by atomic mass is 127. The smallest absolute Gasteiger partial charge is 0.185 e. The van der Waals surface area contributed by atoms with Crippen molar-refractivity contribution in [1.29, 1.82) is 5.26 Å². The Morgan fingerprint density at radius 1 is 0.607 bits per heavy atom. The Morgan fingerprint density at radius 2 is 0.964 bits per heavy atom. The molecule has 0 aliphatic rings. The summed E-state index contributed by atoms with van der Waals surface area (Å²) in [6.45, 7) is 0. The SMILES string of the molecule is FC(F)(F)CCCCCCCCI.N#CSCCCCCCCCC(F)(F)F. The first-order valence-corrected chi connectivity index (χ1v) is 12.3. The van der Waals surface area contributed by atoms with Crippen LogP contribution in [0.15, 0.2) is 0 Å². The van der Waals surface area contributed by atoms with Gasteiger partial charge >= 0.3 is 12.4 Å². The second-order valence-corrected chi connectivity index (χ2v) is 8.56. The van der Waals surface area contributed by atoms with E-state index in [9.17, 15) is 26.3 Å². The van der Waals surface area contributed by atoms with Gasteiger partial charge in [0.2, 0.25) is 0 Å². The molecular weight excluding hydrogens is 515 g/mol. The van der Waals surface area contributed by atoms with Crippen LogP contribution < -0.4 is 0 Å². The molecule has 0 aliphatic carbocycles. The van der Waals surface area contributed by atoms with E-state index in [0.29, 0.717) is 12.8 Å². The zero-order valence-electron chi connectivity index (χ0n) is 16.3. The molecule has 0 N–H and O–H groups in total. The van der Waals surface area contributed by atoms with Crippen LogP contribution in [0.4, 0.5) is 26.3 Å². The lowest BCUT2D eigenvalue weighted by Gasteiger charge is -2.05. The summed E-state index contributed by atoms with van der Waals surface area (Å²) in [5.74, 6) is 0.832. The molecule has 0 saturated heterocycles. The minimum Gasteiger partial charge on any atom is -0.185 e. The fourth-order valence-corrected chi connectivity index (χ4v) is 3.36. The van der Waals surface area contributed by atoms with Gasteiger partial charge in [0, 0.05) is 18.6 Å². The number of halogens is 7. The van der Waals surface area contributed by atoms with E-state index in [1.807, 2.05) is 5.40 Å². The van der Waals surface area contributed by atoms with E-state index in [1.54, 1.807) is 0 Å². The number of thioether (sulfide) groups is 1. The van der Waals surface area contributed by atoms with Crippen molar-refractivity contribution in [2.75, 3.05) is 10.2 Å². The third-order valence-corrected chi connectivity index (χ3v) is 5.25. The topological polar surface area (TPSA) is 23.8 Å². The van der Waals surface area contributed by atoms with Gasteiger partial charge < -0.3 is 0 Å². The van der Waals surface area contributed by atoms with Gasteiger partial charge in [-0.05, 0) is 41.9 Å². The average Bonchev–Trinajstić information content (AvgIpc) is 2.58. The van der Waals surface area contributed by atoms with Crippen LogP contribution >= 0.6 is 34.4 Å². The molecule has 168 valence electrons. The maximum atomic E-state index is 11.7. The normalized spacial score (nSPS) is 11.6. The Bertz CT molecular complexity index is 369. The highest BCUT2D eigenvalue weighted by Crippen LogP contribution is 2.24. The van der Waals surface area contributed by atoms with E-state index in [1.165, 1.54) is 18.2 Å². The number of hydrogen-bond donors (Lipinski definition) is 0. The molecule has 0 amide bonds. The van der Waals surface area contributed by atoms with E-state index in [2.05, 4.69) is 22.6 Å². The number of rotatable bonds is 15. The number of unbranched alkanes of at least 4 members (excludes halogenated alkanes) is 10. The molecule has 28 heavy (non-hydrogen) atoms. The molecule has 9 heteroatoms. The molecule has 0 aliphatic heterocycles. The molecule has 0 aromatic carbocycles. The second kappa shape index (κ2) is 20.4. The Hall–Kier alpha value is 0.150. The van der Waals surface area contributed by atoms with E-state index >= 15 is 0 Å². The highest BCUT2D eigenvalue weighted by molar-refractivity contribution is 14.1. The Kier molecular flexibility index (Phi) is 22.1. The van der Waals surface area contributed by atoms with Gasteiger partial charge in [-0.3, -0.25) is 0 Å². The van der Waals surface area contributed by atoms with Crippen molar-refractivity contribution >= 4 is 34.4 Å². The molecule has 0 unspecified atom stereocenters. The molecule has 0 rings (SSSR count). The summed E-state index contributed by atoms with van der Waals surface area (Å²) in [6.07, 6.45) is 0.940. The van der Waals surface area contributed by atoms with Gasteiger partial charge in [0.05, 0.1) is 0 Å². The quantitative estimate of drug-likeness (QED) is 0.0671. The van der Waals surface area contributed by atoms with Crippen LogP contribution in [-0.2, 0) is 0 Å². The Balaban J connectivity index is 0. The second-order valence-electron chi connectivity index (χ2n) is 6.60. The monoisotopic (exact) mass is 547 g/mol. The molecule has 0 heterocycles. The van der Waals surface area contributed by atoms with Crippen LogP contribution in [0.2, 0.25) is 0 Å². The number of alkyl halides is 7. The number of nitrogens with zero attached hydrogens (tertiary/aromatic N) is 1. The van der Waals surface area contributed by atoms with Crippen molar-refractivity contribution in [3.63, 3.8) is 0 Å².